The number of aromatic nitrogens is 2. The first kappa shape index (κ1) is 19.9. The average molecular weight is 418 g/mol. The van der Waals surface area contributed by atoms with Gasteiger partial charge in [-0.15, -0.1) is 0 Å². The smallest absolute Gasteiger partial charge is 0.317 e. The summed E-state index contributed by atoms with van der Waals surface area (Å²) in [7, 11) is 0. The maximum Gasteiger partial charge on any atom is 0.317 e. The average Bonchev–Trinajstić information content (AvgIpc) is 3.06. The van der Waals surface area contributed by atoms with E-state index in [0.717, 1.165) is 21.2 Å². The lowest BCUT2D eigenvalue weighted by atomic mass is 10.1. The number of carbonyl (C=O) groups excluding carboxylic acids is 1. The number of nitrogens with zero attached hydrogens (tertiary/aromatic N) is 2. The van der Waals surface area contributed by atoms with Gasteiger partial charge in [0.05, 0.1) is 22.7 Å². The molecule has 0 bridgehead atoms. The summed E-state index contributed by atoms with van der Waals surface area (Å²) in [5.74, 6) is -0.403. The van der Waals surface area contributed by atoms with E-state index in [-0.39, 0.29) is 12.2 Å². The molecule has 0 aliphatic carbocycles. The van der Waals surface area contributed by atoms with Crippen LogP contribution in [0.15, 0.2) is 94.7 Å². The van der Waals surface area contributed by atoms with Crippen LogP contribution in [-0.4, -0.2) is 15.7 Å². The SMILES string of the molecule is Cc1nn(-c2ccccc2)c(OC(=O)Cc2ccc(F)cc2)c1Sc1ccccc1. The van der Waals surface area contributed by atoms with Gasteiger partial charge in [0.1, 0.15) is 5.82 Å². The Labute approximate surface area is 178 Å². The van der Waals surface area contributed by atoms with Crippen LogP contribution in [0, 0.1) is 12.7 Å². The van der Waals surface area contributed by atoms with Crippen LogP contribution in [0.25, 0.3) is 5.69 Å². The predicted octanol–water partition coefficient (Wildman–Crippen LogP) is 5.62. The first-order valence-corrected chi connectivity index (χ1v) is 10.2. The number of para-hydroxylation sites is 1. The first-order chi connectivity index (χ1) is 14.6. The highest BCUT2D eigenvalue weighted by Gasteiger charge is 2.22. The molecule has 150 valence electrons. The minimum Gasteiger partial charge on any atom is -0.406 e. The maximum atomic E-state index is 13.1. The van der Waals surface area contributed by atoms with Gasteiger partial charge in [0.15, 0.2) is 0 Å². The summed E-state index contributed by atoms with van der Waals surface area (Å²) in [5, 5.41) is 4.62. The molecule has 0 spiro atoms. The summed E-state index contributed by atoms with van der Waals surface area (Å²) < 4.78 is 20.6. The maximum absolute atomic E-state index is 13.1. The second kappa shape index (κ2) is 8.97. The van der Waals surface area contributed by atoms with Crippen LogP contribution in [0.1, 0.15) is 11.3 Å². The molecule has 0 unspecified atom stereocenters. The largest absolute Gasteiger partial charge is 0.406 e. The summed E-state index contributed by atoms with van der Waals surface area (Å²) in [6, 6.07) is 25.2. The van der Waals surface area contributed by atoms with Crippen molar-refractivity contribution in [3.05, 3.63) is 102 Å². The molecule has 4 rings (SSSR count). The van der Waals surface area contributed by atoms with Crippen molar-refractivity contribution in [3.63, 3.8) is 0 Å². The van der Waals surface area contributed by atoms with Gasteiger partial charge in [-0.05, 0) is 48.9 Å². The zero-order chi connectivity index (χ0) is 20.9. The van der Waals surface area contributed by atoms with Crippen LogP contribution in [0.3, 0.4) is 0 Å². The lowest BCUT2D eigenvalue weighted by Crippen LogP contribution is -2.14. The van der Waals surface area contributed by atoms with E-state index in [1.54, 1.807) is 16.8 Å². The van der Waals surface area contributed by atoms with Crippen LogP contribution in [0.2, 0.25) is 0 Å². The van der Waals surface area contributed by atoms with Crippen LogP contribution < -0.4 is 4.74 Å². The fraction of sp³-hybridized carbons (Fsp3) is 0.0833. The van der Waals surface area contributed by atoms with Gasteiger partial charge in [-0.2, -0.15) is 9.78 Å². The quantitative estimate of drug-likeness (QED) is 0.381. The van der Waals surface area contributed by atoms with E-state index >= 15 is 0 Å². The Kier molecular flexibility index (Phi) is 5.95. The molecule has 0 fully saturated rings. The third kappa shape index (κ3) is 4.60. The van der Waals surface area contributed by atoms with Crippen molar-refractivity contribution in [2.75, 3.05) is 0 Å². The number of benzene rings is 3. The number of rotatable bonds is 6. The minimum atomic E-state index is -0.436. The van der Waals surface area contributed by atoms with E-state index in [1.807, 2.05) is 67.6 Å². The molecule has 1 heterocycles. The van der Waals surface area contributed by atoms with Gasteiger partial charge in [-0.25, -0.2) is 4.39 Å². The van der Waals surface area contributed by atoms with Crippen LogP contribution in [-0.2, 0) is 11.2 Å². The Bertz CT molecular complexity index is 1140. The third-order valence-corrected chi connectivity index (χ3v) is 5.58. The van der Waals surface area contributed by atoms with Crippen molar-refractivity contribution < 1.29 is 13.9 Å². The van der Waals surface area contributed by atoms with Crippen molar-refractivity contribution in [1.29, 1.82) is 0 Å². The van der Waals surface area contributed by atoms with Crippen LogP contribution in [0.4, 0.5) is 4.39 Å². The lowest BCUT2D eigenvalue weighted by Gasteiger charge is -2.10. The number of hydrogen-bond acceptors (Lipinski definition) is 4. The molecule has 0 N–H and O–H groups in total. The van der Waals surface area contributed by atoms with Crippen molar-refractivity contribution >= 4 is 17.7 Å². The molecule has 0 aliphatic rings. The fourth-order valence-electron chi connectivity index (χ4n) is 2.96. The molecule has 30 heavy (non-hydrogen) atoms. The molecule has 0 amide bonds. The molecular weight excluding hydrogens is 399 g/mol. The van der Waals surface area contributed by atoms with Crippen LogP contribution in [0.5, 0.6) is 5.88 Å². The van der Waals surface area contributed by atoms with E-state index in [4.69, 9.17) is 4.74 Å². The van der Waals surface area contributed by atoms with Crippen LogP contribution >= 0.6 is 11.8 Å². The Morgan fingerprint density at radius 2 is 1.60 bits per heavy atom. The zero-order valence-corrected chi connectivity index (χ0v) is 17.1. The van der Waals surface area contributed by atoms with Gasteiger partial charge in [-0.1, -0.05) is 60.3 Å². The number of carbonyl (C=O) groups is 1. The number of halogens is 1. The van der Waals surface area contributed by atoms with Crippen molar-refractivity contribution in [2.45, 2.75) is 23.1 Å². The molecular formula is C24H19FN2O2S. The number of aryl methyl sites for hydroxylation is 1. The molecule has 3 aromatic carbocycles. The van der Waals surface area contributed by atoms with E-state index in [9.17, 15) is 9.18 Å². The van der Waals surface area contributed by atoms with Crippen molar-refractivity contribution in [2.24, 2.45) is 0 Å². The van der Waals surface area contributed by atoms with Crippen molar-refractivity contribution in [3.8, 4) is 11.6 Å². The molecule has 0 saturated heterocycles. The lowest BCUT2D eigenvalue weighted by molar-refractivity contribution is -0.134. The number of ether oxygens (including phenoxy) is 1. The molecule has 4 aromatic rings. The van der Waals surface area contributed by atoms with E-state index in [0.29, 0.717) is 11.4 Å². The van der Waals surface area contributed by atoms with Gasteiger partial charge >= 0.3 is 5.97 Å². The Morgan fingerprint density at radius 1 is 0.967 bits per heavy atom. The Hall–Kier alpha value is -3.38. The van der Waals surface area contributed by atoms with Gasteiger partial charge in [0.25, 0.3) is 0 Å². The topological polar surface area (TPSA) is 44.1 Å². The first-order valence-electron chi connectivity index (χ1n) is 9.43. The highest BCUT2D eigenvalue weighted by atomic mass is 32.2. The highest BCUT2D eigenvalue weighted by molar-refractivity contribution is 7.99. The molecule has 4 nitrogen and oxygen atoms in total. The van der Waals surface area contributed by atoms with Crippen molar-refractivity contribution in [1.82, 2.24) is 9.78 Å². The summed E-state index contributed by atoms with van der Waals surface area (Å²) in [5.41, 5.74) is 2.24. The van der Waals surface area contributed by atoms with E-state index < -0.39 is 5.97 Å². The number of esters is 1. The molecule has 0 saturated carbocycles. The second-order valence-corrected chi connectivity index (χ2v) is 7.74. The Morgan fingerprint density at radius 3 is 2.27 bits per heavy atom. The standard InChI is InChI=1S/C24H19FN2O2S/c1-17-23(30-21-10-6-3-7-11-21)24(27(26-17)20-8-4-2-5-9-20)29-22(28)16-18-12-14-19(25)15-13-18/h2-15H,16H2,1H3. The summed E-state index contributed by atoms with van der Waals surface area (Å²) in [6.45, 7) is 1.89. The monoisotopic (exact) mass is 418 g/mol. The molecule has 1 aromatic heterocycles. The van der Waals surface area contributed by atoms with Gasteiger partial charge < -0.3 is 4.74 Å². The third-order valence-electron chi connectivity index (χ3n) is 4.40. The van der Waals surface area contributed by atoms with Gasteiger partial charge in [-0.3, -0.25) is 4.79 Å². The molecule has 0 atom stereocenters. The summed E-state index contributed by atoms with van der Waals surface area (Å²) in [4.78, 5) is 14.5. The predicted molar refractivity (Wildman–Crippen MR) is 115 cm³/mol. The normalized spacial score (nSPS) is 10.7. The highest BCUT2D eigenvalue weighted by Crippen LogP contribution is 2.39. The fourth-order valence-corrected chi connectivity index (χ4v) is 3.90. The molecule has 0 radical (unpaired) electrons. The molecule has 0 aliphatic heterocycles. The molecule has 6 heteroatoms. The second-order valence-electron chi connectivity index (χ2n) is 6.66. The van der Waals surface area contributed by atoms with E-state index in [2.05, 4.69) is 5.10 Å². The van der Waals surface area contributed by atoms with E-state index in [1.165, 1.54) is 23.9 Å². The summed E-state index contributed by atoms with van der Waals surface area (Å²) >= 11 is 1.50. The zero-order valence-electron chi connectivity index (χ0n) is 16.3. The summed E-state index contributed by atoms with van der Waals surface area (Å²) in [6.07, 6.45) is 0.0364. The van der Waals surface area contributed by atoms with Gasteiger partial charge in [0.2, 0.25) is 5.88 Å². The number of hydrogen-bond donors (Lipinski definition) is 0. The van der Waals surface area contributed by atoms with Gasteiger partial charge in [0, 0.05) is 4.90 Å². The Balaban J connectivity index is 1.67. The minimum absolute atomic E-state index is 0.0364.